The zero-order valence-electron chi connectivity index (χ0n) is 10.3. The molecule has 0 aliphatic rings. The lowest BCUT2D eigenvalue weighted by atomic mass is 9.99. The summed E-state index contributed by atoms with van der Waals surface area (Å²) in [6.07, 6.45) is 0.790. The lowest BCUT2D eigenvalue weighted by Gasteiger charge is -2.05. The highest BCUT2D eigenvalue weighted by Gasteiger charge is 2.07. The number of carbonyl (C=O) groups is 1. The topological polar surface area (TPSA) is 17.1 Å². The molecule has 18 heavy (non-hydrogen) atoms. The minimum atomic E-state index is -0.258. The summed E-state index contributed by atoms with van der Waals surface area (Å²) in [7, 11) is 0. The van der Waals surface area contributed by atoms with Crippen LogP contribution >= 0.6 is 0 Å². The first-order valence-corrected chi connectivity index (χ1v) is 5.96. The third-order valence-corrected chi connectivity index (χ3v) is 2.94. The molecule has 1 nitrogen and oxygen atoms in total. The van der Waals surface area contributed by atoms with Gasteiger partial charge in [-0.3, -0.25) is 4.79 Å². The van der Waals surface area contributed by atoms with Crippen molar-refractivity contribution in [2.24, 2.45) is 0 Å². The molecule has 2 aromatic rings. The van der Waals surface area contributed by atoms with Crippen LogP contribution in [0, 0.1) is 12.7 Å². The standard InChI is InChI=1S/C16H15FO/c1-12-9-15(17)8-7-14(12)11-16(18)10-13-5-3-2-4-6-13/h2-9H,10-11H2,1H3. The molecule has 92 valence electrons. The molecule has 0 aliphatic carbocycles. The monoisotopic (exact) mass is 242 g/mol. The smallest absolute Gasteiger partial charge is 0.141 e. The summed E-state index contributed by atoms with van der Waals surface area (Å²) in [6, 6.07) is 14.2. The molecule has 0 heterocycles. The Morgan fingerprint density at radius 3 is 2.44 bits per heavy atom. The van der Waals surface area contributed by atoms with Crippen LogP contribution in [-0.2, 0) is 17.6 Å². The maximum Gasteiger partial charge on any atom is 0.141 e. The van der Waals surface area contributed by atoms with Crippen LogP contribution in [0.3, 0.4) is 0 Å². The van der Waals surface area contributed by atoms with Gasteiger partial charge in [-0.25, -0.2) is 4.39 Å². The number of rotatable bonds is 4. The summed E-state index contributed by atoms with van der Waals surface area (Å²) in [6.45, 7) is 1.83. The molecule has 0 fully saturated rings. The average molecular weight is 242 g/mol. The van der Waals surface area contributed by atoms with Crippen LogP contribution in [0.5, 0.6) is 0 Å². The van der Waals surface area contributed by atoms with Gasteiger partial charge in [0.05, 0.1) is 0 Å². The number of Topliss-reactive ketones (excluding diaryl/α,β-unsaturated/α-hetero) is 1. The van der Waals surface area contributed by atoms with Crippen molar-refractivity contribution in [2.75, 3.05) is 0 Å². The number of halogens is 1. The quantitative estimate of drug-likeness (QED) is 0.802. The lowest BCUT2D eigenvalue weighted by Crippen LogP contribution is -2.07. The second kappa shape index (κ2) is 5.58. The van der Waals surface area contributed by atoms with E-state index in [2.05, 4.69) is 0 Å². The van der Waals surface area contributed by atoms with Gasteiger partial charge < -0.3 is 0 Å². The normalized spacial score (nSPS) is 10.3. The fourth-order valence-electron chi connectivity index (χ4n) is 1.96. The highest BCUT2D eigenvalue weighted by atomic mass is 19.1. The van der Waals surface area contributed by atoms with Crippen LogP contribution in [-0.4, -0.2) is 5.78 Å². The molecule has 0 aromatic heterocycles. The molecular weight excluding hydrogens is 227 g/mol. The van der Waals surface area contributed by atoms with Gasteiger partial charge >= 0.3 is 0 Å². The van der Waals surface area contributed by atoms with Gasteiger partial charge in [0.15, 0.2) is 0 Å². The van der Waals surface area contributed by atoms with E-state index < -0.39 is 0 Å². The van der Waals surface area contributed by atoms with Crippen molar-refractivity contribution in [2.45, 2.75) is 19.8 Å². The highest BCUT2D eigenvalue weighted by molar-refractivity contribution is 5.83. The summed E-state index contributed by atoms with van der Waals surface area (Å²) in [4.78, 5) is 11.9. The van der Waals surface area contributed by atoms with Crippen molar-refractivity contribution in [3.8, 4) is 0 Å². The van der Waals surface area contributed by atoms with E-state index in [4.69, 9.17) is 0 Å². The molecule has 2 heteroatoms. The minimum Gasteiger partial charge on any atom is -0.299 e. The van der Waals surface area contributed by atoms with Gasteiger partial charge in [0.2, 0.25) is 0 Å². The molecule has 0 atom stereocenters. The van der Waals surface area contributed by atoms with Gasteiger partial charge in [-0.2, -0.15) is 0 Å². The maximum atomic E-state index is 12.9. The Kier molecular flexibility index (Phi) is 3.88. The Morgan fingerprint density at radius 1 is 1.06 bits per heavy atom. The fraction of sp³-hybridized carbons (Fsp3) is 0.188. The van der Waals surface area contributed by atoms with Crippen molar-refractivity contribution < 1.29 is 9.18 Å². The second-order valence-electron chi connectivity index (χ2n) is 4.45. The summed E-state index contributed by atoms with van der Waals surface area (Å²) in [5.74, 6) is -0.109. The first-order valence-electron chi connectivity index (χ1n) is 5.96. The van der Waals surface area contributed by atoms with Gasteiger partial charge in [-0.05, 0) is 35.7 Å². The third-order valence-electron chi connectivity index (χ3n) is 2.94. The SMILES string of the molecule is Cc1cc(F)ccc1CC(=O)Cc1ccccc1. The summed E-state index contributed by atoms with van der Waals surface area (Å²) in [5.41, 5.74) is 2.75. The van der Waals surface area contributed by atoms with E-state index in [0.717, 1.165) is 16.7 Å². The van der Waals surface area contributed by atoms with Gasteiger partial charge in [-0.15, -0.1) is 0 Å². The average Bonchev–Trinajstić information content (AvgIpc) is 2.34. The predicted octanol–water partition coefficient (Wildman–Crippen LogP) is 3.49. The Hall–Kier alpha value is -1.96. The summed E-state index contributed by atoms with van der Waals surface area (Å²) < 4.78 is 12.9. The van der Waals surface area contributed by atoms with Crippen LogP contribution in [0.2, 0.25) is 0 Å². The van der Waals surface area contributed by atoms with E-state index in [9.17, 15) is 9.18 Å². The summed E-state index contributed by atoms with van der Waals surface area (Å²) in [5, 5.41) is 0. The van der Waals surface area contributed by atoms with E-state index in [1.165, 1.54) is 12.1 Å². The molecule has 0 N–H and O–H groups in total. The molecule has 0 unspecified atom stereocenters. The van der Waals surface area contributed by atoms with Gasteiger partial charge in [0.25, 0.3) is 0 Å². The zero-order valence-corrected chi connectivity index (χ0v) is 10.3. The fourth-order valence-corrected chi connectivity index (χ4v) is 1.96. The van der Waals surface area contributed by atoms with E-state index >= 15 is 0 Å². The number of hydrogen-bond donors (Lipinski definition) is 0. The van der Waals surface area contributed by atoms with Gasteiger partial charge in [-0.1, -0.05) is 36.4 Å². The van der Waals surface area contributed by atoms with E-state index in [1.54, 1.807) is 6.07 Å². The first kappa shape index (κ1) is 12.5. The summed E-state index contributed by atoms with van der Waals surface area (Å²) >= 11 is 0. The Labute approximate surface area is 106 Å². The van der Waals surface area contributed by atoms with E-state index in [0.29, 0.717) is 12.8 Å². The second-order valence-corrected chi connectivity index (χ2v) is 4.45. The molecule has 0 spiro atoms. The molecule has 2 rings (SSSR count). The Morgan fingerprint density at radius 2 is 1.78 bits per heavy atom. The predicted molar refractivity (Wildman–Crippen MR) is 70.0 cm³/mol. The van der Waals surface area contributed by atoms with E-state index in [1.807, 2.05) is 37.3 Å². The minimum absolute atomic E-state index is 0.149. The Bertz CT molecular complexity index is 546. The molecule has 0 saturated carbocycles. The van der Waals surface area contributed by atoms with Crippen LogP contribution in [0.4, 0.5) is 4.39 Å². The van der Waals surface area contributed by atoms with Gasteiger partial charge in [0.1, 0.15) is 11.6 Å². The first-order chi connectivity index (χ1) is 8.65. The van der Waals surface area contributed by atoms with Crippen LogP contribution in [0.15, 0.2) is 48.5 Å². The highest BCUT2D eigenvalue weighted by Crippen LogP contribution is 2.12. The van der Waals surface area contributed by atoms with Crippen LogP contribution in [0.25, 0.3) is 0 Å². The molecule has 0 aliphatic heterocycles. The largest absolute Gasteiger partial charge is 0.299 e. The van der Waals surface area contributed by atoms with Crippen molar-refractivity contribution in [1.29, 1.82) is 0 Å². The molecule has 0 bridgehead atoms. The van der Waals surface area contributed by atoms with Crippen molar-refractivity contribution in [3.63, 3.8) is 0 Å². The number of benzene rings is 2. The molecule has 0 saturated heterocycles. The van der Waals surface area contributed by atoms with Crippen LogP contribution < -0.4 is 0 Å². The number of hydrogen-bond acceptors (Lipinski definition) is 1. The maximum absolute atomic E-state index is 12.9. The number of carbonyl (C=O) groups excluding carboxylic acids is 1. The van der Waals surface area contributed by atoms with Gasteiger partial charge in [0, 0.05) is 12.8 Å². The van der Waals surface area contributed by atoms with E-state index in [-0.39, 0.29) is 11.6 Å². The molecule has 2 aromatic carbocycles. The molecule has 0 amide bonds. The Balaban J connectivity index is 2.03. The number of aryl methyl sites for hydroxylation is 1. The van der Waals surface area contributed by atoms with Crippen molar-refractivity contribution in [1.82, 2.24) is 0 Å². The zero-order chi connectivity index (χ0) is 13.0. The number of ketones is 1. The van der Waals surface area contributed by atoms with Crippen molar-refractivity contribution >= 4 is 5.78 Å². The molecular formula is C16H15FO. The van der Waals surface area contributed by atoms with Crippen LogP contribution in [0.1, 0.15) is 16.7 Å². The lowest BCUT2D eigenvalue weighted by molar-refractivity contribution is -0.117. The van der Waals surface area contributed by atoms with Crippen molar-refractivity contribution in [3.05, 3.63) is 71.0 Å². The molecule has 0 radical (unpaired) electrons. The third kappa shape index (κ3) is 3.27.